The molecule has 5 nitrogen and oxygen atoms in total. The molecule has 1 aliphatic carbocycles. The zero-order valence-corrected chi connectivity index (χ0v) is 10.3. The Labute approximate surface area is 100 Å². The van der Waals surface area contributed by atoms with Gasteiger partial charge in [-0.05, 0) is 32.1 Å². The highest BCUT2D eigenvalue weighted by atomic mass is 16.1. The van der Waals surface area contributed by atoms with Crippen molar-refractivity contribution in [1.82, 2.24) is 9.97 Å². The lowest BCUT2D eigenvalue weighted by Crippen LogP contribution is -2.18. The molecule has 5 heteroatoms. The molecule has 2 N–H and O–H groups in total. The van der Waals surface area contributed by atoms with E-state index in [0.29, 0.717) is 17.6 Å². The number of hydrazone groups is 1. The number of H-pyrrole nitrogens is 1. The van der Waals surface area contributed by atoms with Crippen molar-refractivity contribution in [3.63, 3.8) is 0 Å². The van der Waals surface area contributed by atoms with Crippen LogP contribution in [0.2, 0.25) is 0 Å². The maximum Gasteiger partial charge on any atom is 0.252 e. The van der Waals surface area contributed by atoms with Gasteiger partial charge in [-0.3, -0.25) is 9.78 Å². The predicted octanol–water partition coefficient (Wildman–Crippen LogP) is 2.06. The summed E-state index contributed by atoms with van der Waals surface area (Å²) in [7, 11) is 0. The number of nitrogens with zero attached hydrogens (tertiary/aromatic N) is 2. The van der Waals surface area contributed by atoms with E-state index in [1.54, 1.807) is 6.92 Å². The second kappa shape index (κ2) is 5.12. The average Bonchev–Trinajstić information content (AvgIpc) is 2.27. The first-order valence-corrected chi connectivity index (χ1v) is 6.05. The number of anilines is 1. The molecule has 2 rings (SSSR count). The van der Waals surface area contributed by atoms with Gasteiger partial charge in [-0.2, -0.15) is 5.10 Å². The molecule has 0 aliphatic heterocycles. The summed E-state index contributed by atoms with van der Waals surface area (Å²) >= 11 is 0. The fourth-order valence-corrected chi connectivity index (χ4v) is 2.09. The second-order valence-corrected chi connectivity index (χ2v) is 4.60. The van der Waals surface area contributed by atoms with Crippen LogP contribution in [-0.2, 0) is 0 Å². The summed E-state index contributed by atoms with van der Waals surface area (Å²) in [4.78, 5) is 18.0. The largest absolute Gasteiger partial charge is 0.291 e. The monoisotopic (exact) mass is 234 g/mol. The number of aryl methyl sites for hydroxylation is 1. The zero-order valence-electron chi connectivity index (χ0n) is 10.3. The summed E-state index contributed by atoms with van der Waals surface area (Å²) in [6.45, 7) is 3.98. The Bertz CT molecular complexity index is 478. The maximum atomic E-state index is 11.2. The van der Waals surface area contributed by atoms with E-state index in [1.165, 1.54) is 31.0 Å². The minimum atomic E-state index is -0.156. The third-order valence-corrected chi connectivity index (χ3v) is 3.06. The summed E-state index contributed by atoms with van der Waals surface area (Å²) < 4.78 is 0. The highest BCUT2D eigenvalue weighted by molar-refractivity contribution is 5.87. The summed E-state index contributed by atoms with van der Waals surface area (Å²) in [5.41, 5.74) is 4.55. The van der Waals surface area contributed by atoms with E-state index in [9.17, 15) is 4.79 Å². The van der Waals surface area contributed by atoms with E-state index in [0.717, 1.165) is 6.42 Å². The number of nitrogens with one attached hydrogen (secondary N) is 2. The highest BCUT2D eigenvalue weighted by Gasteiger charge is 2.15. The molecule has 0 unspecified atom stereocenters. The Morgan fingerprint density at radius 3 is 3.06 bits per heavy atom. The third kappa shape index (κ3) is 3.15. The van der Waals surface area contributed by atoms with Gasteiger partial charge in [-0.25, -0.2) is 10.4 Å². The predicted molar refractivity (Wildman–Crippen MR) is 68.3 cm³/mol. The van der Waals surface area contributed by atoms with Crippen molar-refractivity contribution in [3.05, 3.63) is 22.1 Å². The minimum absolute atomic E-state index is 0.156. The van der Waals surface area contributed by atoms with E-state index in [2.05, 4.69) is 27.4 Å². The van der Waals surface area contributed by atoms with Gasteiger partial charge in [0.15, 0.2) is 0 Å². The van der Waals surface area contributed by atoms with Gasteiger partial charge >= 0.3 is 0 Å². The van der Waals surface area contributed by atoms with Gasteiger partial charge in [0.2, 0.25) is 5.95 Å². The standard InChI is InChI=1S/C12H18N4O/c1-8-5-3-4-6-10(8)15-16-12-13-9(2)7-11(17)14-12/h7-8H,3-6H2,1-2H3,(H2,13,14,16,17)/b15-10+/t8-/m0/s1. The van der Waals surface area contributed by atoms with Crippen LogP contribution < -0.4 is 11.0 Å². The average molecular weight is 234 g/mol. The first kappa shape index (κ1) is 11.8. The van der Waals surface area contributed by atoms with Gasteiger partial charge in [-0.1, -0.05) is 13.3 Å². The zero-order chi connectivity index (χ0) is 12.3. The van der Waals surface area contributed by atoms with Crippen LogP contribution in [0.3, 0.4) is 0 Å². The van der Waals surface area contributed by atoms with E-state index < -0.39 is 0 Å². The minimum Gasteiger partial charge on any atom is -0.291 e. The molecule has 1 aromatic rings. The Kier molecular flexibility index (Phi) is 3.56. The van der Waals surface area contributed by atoms with Crippen LogP contribution >= 0.6 is 0 Å². The van der Waals surface area contributed by atoms with E-state index in [4.69, 9.17) is 0 Å². The number of aromatic nitrogens is 2. The molecule has 92 valence electrons. The van der Waals surface area contributed by atoms with Gasteiger partial charge in [-0.15, -0.1) is 0 Å². The van der Waals surface area contributed by atoms with Crippen molar-refractivity contribution >= 4 is 11.7 Å². The molecule has 0 amide bonds. The molecule has 0 radical (unpaired) electrons. The number of rotatable bonds is 2. The van der Waals surface area contributed by atoms with Gasteiger partial charge in [0, 0.05) is 17.5 Å². The van der Waals surface area contributed by atoms with Crippen molar-refractivity contribution in [2.75, 3.05) is 5.43 Å². The molecule has 17 heavy (non-hydrogen) atoms. The summed E-state index contributed by atoms with van der Waals surface area (Å²) in [5, 5.41) is 4.35. The molecule has 0 spiro atoms. The summed E-state index contributed by atoms with van der Waals surface area (Å²) in [5.74, 6) is 0.938. The lowest BCUT2D eigenvalue weighted by Gasteiger charge is -2.19. The lowest BCUT2D eigenvalue weighted by atomic mass is 9.89. The van der Waals surface area contributed by atoms with E-state index in [-0.39, 0.29) is 5.56 Å². The molecule has 1 fully saturated rings. The Morgan fingerprint density at radius 2 is 2.35 bits per heavy atom. The van der Waals surface area contributed by atoms with Crippen molar-refractivity contribution in [3.8, 4) is 0 Å². The molecule has 1 aliphatic rings. The first-order valence-electron chi connectivity index (χ1n) is 6.05. The maximum absolute atomic E-state index is 11.2. The smallest absolute Gasteiger partial charge is 0.252 e. The third-order valence-electron chi connectivity index (χ3n) is 3.06. The normalized spacial score (nSPS) is 22.7. The van der Waals surface area contributed by atoms with Crippen LogP contribution in [0.1, 0.15) is 38.3 Å². The highest BCUT2D eigenvalue weighted by Crippen LogP contribution is 2.21. The molecule has 0 aromatic carbocycles. The quantitative estimate of drug-likeness (QED) is 0.769. The molecular weight excluding hydrogens is 216 g/mol. The van der Waals surface area contributed by atoms with Crippen LogP contribution in [0.5, 0.6) is 0 Å². The fraction of sp³-hybridized carbons (Fsp3) is 0.583. The van der Waals surface area contributed by atoms with Crippen LogP contribution in [-0.4, -0.2) is 15.7 Å². The van der Waals surface area contributed by atoms with Crippen LogP contribution in [0.25, 0.3) is 0 Å². The molecule has 0 bridgehead atoms. The topological polar surface area (TPSA) is 70.1 Å². The summed E-state index contributed by atoms with van der Waals surface area (Å²) in [6.07, 6.45) is 4.70. The van der Waals surface area contributed by atoms with Gasteiger partial charge in [0.25, 0.3) is 5.56 Å². The van der Waals surface area contributed by atoms with Crippen molar-refractivity contribution in [1.29, 1.82) is 0 Å². The van der Waals surface area contributed by atoms with E-state index >= 15 is 0 Å². The Hall–Kier alpha value is -1.65. The molecule has 0 saturated heterocycles. The summed E-state index contributed by atoms with van der Waals surface area (Å²) in [6, 6.07) is 1.46. The van der Waals surface area contributed by atoms with Crippen molar-refractivity contribution in [2.24, 2.45) is 11.0 Å². The Morgan fingerprint density at radius 1 is 1.53 bits per heavy atom. The molecule has 1 heterocycles. The molecule has 1 aromatic heterocycles. The molecule has 1 atom stereocenters. The van der Waals surface area contributed by atoms with Crippen molar-refractivity contribution in [2.45, 2.75) is 39.5 Å². The van der Waals surface area contributed by atoms with Gasteiger partial charge < -0.3 is 0 Å². The SMILES string of the molecule is Cc1cc(=O)[nH]c(N/N=C2\CCCC[C@@H]2C)n1. The first-order chi connectivity index (χ1) is 8.15. The Balaban J connectivity index is 2.10. The lowest BCUT2D eigenvalue weighted by molar-refractivity contribution is 0.558. The number of hydrogen-bond donors (Lipinski definition) is 2. The second-order valence-electron chi connectivity index (χ2n) is 4.60. The number of hydrogen-bond acceptors (Lipinski definition) is 4. The van der Waals surface area contributed by atoms with Crippen LogP contribution in [0, 0.1) is 12.8 Å². The molecular formula is C12H18N4O. The van der Waals surface area contributed by atoms with Gasteiger partial charge in [0.1, 0.15) is 0 Å². The van der Waals surface area contributed by atoms with Crippen molar-refractivity contribution < 1.29 is 0 Å². The number of aromatic amines is 1. The van der Waals surface area contributed by atoms with Gasteiger partial charge in [0.05, 0.1) is 0 Å². The van der Waals surface area contributed by atoms with Crippen LogP contribution in [0.4, 0.5) is 5.95 Å². The molecule has 1 saturated carbocycles. The van der Waals surface area contributed by atoms with E-state index in [1.807, 2.05) is 0 Å². The fourth-order valence-electron chi connectivity index (χ4n) is 2.09. The van der Waals surface area contributed by atoms with Crippen LogP contribution in [0.15, 0.2) is 16.0 Å².